The van der Waals surface area contributed by atoms with Gasteiger partial charge in [0.2, 0.25) is 0 Å². The lowest BCUT2D eigenvalue weighted by atomic mass is 9.78. The predicted octanol–water partition coefficient (Wildman–Crippen LogP) is 7.85. The summed E-state index contributed by atoms with van der Waals surface area (Å²) in [5, 5.41) is 22.9. The number of ether oxygens (including phenoxy) is 1. The first-order chi connectivity index (χ1) is 17.5. The van der Waals surface area contributed by atoms with Gasteiger partial charge in [0.15, 0.2) is 0 Å². The van der Waals surface area contributed by atoms with Gasteiger partial charge in [-0.15, -0.1) is 0 Å². The van der Waals surface area contributed by atoms with Gasteiger partial charge in [-0.2, -0.15) is 0 Å². The second-order valence-corrected chi connectivity index (χ2v) is 15.2. The van der Waals surface area contributed by atoms with Crippen LogP contribution in [0.25, 0.3) is 0 Å². The van der Waals surface area contributed by atoms with Crippen LogP contribution in [0.2, 0.25) is 0 Å². The Hall–Kier alpha value is -2.53. The third-order valence-corrected chi connectivity index (χ3v) is 7.56. The molecule has 2 N–H and O–H groups in total. The molecule has 5 heteroatoms. The van der Waals surface area contributed by atoms with Crippen LogP contribution in [0.1, 0.15) is 123 Å². The number of hydrogen-bond donors (Lipinski definition) is 2. The van der Waals surface area contributed by atoms with E-state index in [9.17, 15) is 15.0 Å². The average Bonchev–Trinajstić information content (AvgIpc) is 2.76. The first-order valence-electron chi connectivity index (χ1n) is 14.0. The van der Waals surface area contributed by atoms with Crippen molar-refractivity contribution in [3.05, 3.63) is 57.6 Å². The van der Waals surface area contributed by atoms with E-state index in [1.807, 2.05) is 24.0 Å². The Morgan fingerprint density at radius 1 is 0.692 bits per heavy atom. The zero-order chi connectivity index (χ0) is 30.3. The van der Waals surface area contributed by atoms with Crippen LogP contribution in [-0.4, -0.2) is 34.2 Å². The number of benzene rings is 2. The van der Waals surface area contributed by atoms with Crippen molar-refractivity contribution in [2.24, 2.45) is 0 Å². The normalized spacial score (nSPS) is 14.0. The lowest BCUT2D eigenvalue weighted by molar-refractivity contribution is -0.146. The Labute approximate surface area is 237 Å². The van der Waals surface area contributed by atoms with Gasteiger partial charge in [-0.1, -0.05) is 107 Å². The van der Waals surface area contributed by atoms with Crippen molar-refractivity contribution in [3.8, 4) is 11.5 Å². The third-order valence-electron chi connectivity index (χ3n) is 7.56. The van der Waals surface area contributed by atoms with E-state index < -0.39 is 6.04 Å². The highest BCUT2D eigenvalue weighted by Gasteiger charge is 2.31. The zero-order valence-corrected chi connectivity index (χ0v) is 27.0. The van der Waals surface area contributed by atoms with Crippen LogP contribution >= 0.6 is 0 Å². The van der Waals surface area contributed by atoms with Crippen molar-refractivity contribution < 1.29 is 19.7 Å². The van der Waals surface area contributed by atoms with Crippen molar-refractivity contribution >= 4 is 5.97 Å². The molecule has 0 saturated heterocycles. The molecule has 5 nitrogen and oxygen atoms in total. The van der Waals surface area contributed by atoms with Crippen LogP contribution in [0.15, 0.2) is 24.3 Å². The van der Waals surface area contributed by atoms with Gasteiger partial charge >= 0.3 is 5.97 Å². The summed E-state index contributed by atoms with van der Waals surface area (Å²) in [5.41, 5.74) is 4.74. The van der Waals surface area contributed by atoms with Gasteiger partial charge in [0.05, 0.1) is 7.11 Å². The standard InChI is InChI=1S/C34H53NO4/c1-21(30(38)39-14)35(19-22-15-24(31(2,3)4)17-26(28(22)36)33(8,9)10)20-23-16-25(32(5,6)7)18-27(29(23)37)34(11,12)13/h15-18,21,36-37H,19-20H2,1-14H3/t21-/m0/s1. The minimum absolute atomic E-state index is 0.123. The first-order valence-corrected chi connectivity index (χ1v) is 14.0. The van der Waals surface area contributed by atoms with Crippen LogP contribution in [0.3, 0.4) is 0 Å². The van der Waals surface area contributed by atoms with Crippen molar-refractivity contribution in [1.82, 2.24) is 4.90 Å². The summed E-state index contributed by atoms with van der Waals surface area (Å²) >= 11 is 0. The largest absolute Gasteiger partial charge is 0.507 e. The molecule has 0 aliphatic rings. The van der Waals surface area contributed by atoms with Gasteiger partial charge in [-0.05, 0) is 50.8 Å². The Balaban J connectivity index is 2.76. The summed E-state index contributed by atoms with van der Waals surface area (Å²) in [6.45, 7) is 28.0. The molecule has 39 heavy (non-hydrogen) atoms. The SMILES string of the molecule is COC(=O)[C@H](C)N(Cc1cc(C(C)(C)C)cc(C(C)(C)C)c1O)Cc1cc(C(C)(C)C)cc(C(C)(C)C)c1O. The van der Waals surface area contributed by atoms with E-state index in [4.69, 9.17) is 4.74 Å². The Kier molecular flexibility index (Phi) is 9.35. The Morgan fingerprint density at radius 3 is 1.28 bits per heavy atom. The summed E-state index contributed by atoms with van der Waals surface area (Å²) in [4.78, 5) is 14.8. The number of aromatic hydroxyl groups is 2. The van der Waals surface area contributed by atoms with E-state index in [1.165, 1.54) is 7.11 Å². The summed E-state index contributed by atoms with van der Waals surface area (Å²) < 4.78 is 5.14. The second-order valence-electron chi connectivity index (χ2n) is 15.2. The number of carbonyl (C=O) groups is 1. The second kappa shape index (κ2) is 11.2. The Morgan fingerprint density at radius 2 is 1.03 bits per heavy atom. The summed E-state index contributed by atoms with van der Waals surface area (Å²) in [6.07, 6.45) is 0. The number of nitrogens with zero attached hydrogens (tertiary/aromatic N) is 1. The molecule has 0 aliphatic heterocycles. The number of esters is 1. The smallest absolute Gasteiger partial charge is 0.322 e. The molecular weight excluding hydrogens is 486 g/mol. The molecule has 1 atom stereocenters. The maximum atomic E-state index is 12.8. The van der Waals surface area contributed by atoms with Gasteiger partial charge in [-0.25, -0.2) is 0 Å². The fourth-order valence-corrected chi connectivity index (χ4v) is 4.73. The Bertz CT molecular complexity index is 1100. The number of phenolic OH excluding ortho intramolecular Hbond substituents is 2. The first kappa shape index (κ1) is 32.7. The molecule has 218 valence electrons. The molecule has 0 radical (unpaired) electrons. The number of hydrogen-bond acceptors (Lipinski definition) is 5. The highest BCUT2D eigenvalue weighted by molar-refractivity contribution is 5.75. The summed E-state index contributed by atoms with van der Waals surface area (Å²) in [5.74, 6) is 0.140. The maximum absolute atomic E-state index is 12.8. The molecule has 0 heterocycles. The minimum Gasteiger partial charge on any atom is -0.507 e. The number of methoxy groups -OCH3 is 1. The molecule has 0 spiro atoms. The van der Waals surface area contributed by atoms with Crippen molar-refractivity contribution in [2.45, 2.75) is 131 Å². The average molecular weight is 540 g/mol. The maximum Gasteiger partial charge on any atom is 0.322 e. The molecule has 0 aromatic heterocycles. The number of rotatable bonds is 6. The van der Waals surface area contributed by atoms with Gasteiger partial charge in [0.25, 0.3) is 0 Å². The van der Waals surface area contributed by atoms with E-state index >= 15 is 0 Å². The van der Waals surface area contributed by atoms with Crippen molar-refractivity contribution in [2.75, 3.05) is 7.11 Å². The molecular formula is C34H53NO4. The van der Waals surface area contributed by atoms with Gasteiger partial charge in [-0.3, -0.25) is 9.69 Å². The molecule has 0 bridgehead atoms. The highest BCUT2D eigenvalue weighted by Crippen LogP contribution is 2.41. The van der Waals surface area contributed by atoms with Crippen LogP contribution in [-0.2, 0) is 44.3 Å². The molecule has 0 unspecified atom stereocenters. The van der Waals surface area contributed by atoms with Crippen molar-refractivity contribution in [1.29, 1.82) is 0 Å². The van der Waals surface area contributed by atoms with Crippen molar-refractivity contribution in [3.63, 3.8) is 0 Å². The number of phenols is 2. The van der Waals surface area contributed by atoms with E-state index in [1.54, 1.807) is 0 Å². The van der Waals surface area contributed by atoms with E-state index in [0.717, 1.165) is 33.4 Å². The quantitative estimate of drug-likeness (QED) is 0.366. The molecule has 0 saturated carbocycles. The third kappa shape index (κ3) is 7.78. The minimum atomic E-state index is -0.596. The van der Waals surface area contributed by atoms with Gasteiger partial charge in [0, 0.05) is 24.2 Å². The number of carbonyl (C=O) groups excluding carboxylic acids is 1. The van der Waals surface area contributed by atoms with E-state index in [0.29, 0.717) is 13.1 Å². The fourth-order valence-electron chi connectivity index (χ4n) is 4.73. The lowest BCUT2D eigenvalue weighted by Crippen LogP contribution is -2.39. The molecule has 2 aromatic rings. The molecule has 0 amide bonds. The van der Waals surface area contributed by atoms with Crippen LogP contribution < -0.4 is 0 Å². The molecule has 0 fully saturated rings. The monoisotopic (exact) mass is 539 g/mol. The summed E-state index contributed by atoms with van der Waals surface area (Å²) in [6, 6.07) is 7.70. The van der Waals surface area contributed by atoms with E-state index in [-0.39, 0.29) is 39.1 Å². The molecule has 0 aliphatic carbocycles. The topological polar surface area (TPSA) is 70.0 Å². The summed E-state index contributed by atoms with van der Waals surface area (Å²) in [7, 11) is 1.39. The van der Waals surface area contributed by atoms with Crippen LogP contribution in [0.4, 0.5) is 0 Å². The van der Waals surface area contributed by atoms with Gasteiger partial charge in [0.1, 0.15) is 17.5 Å². The zero-order valence-electron chi connectivity index (χ0n) is 27.0. The molecule has 2 rings (SSSR count). The predicted molar refractivity (Wildman–Crippen MR) is 162 cm³/mol. The fraction of sp³-hybridized carbons (Fsp3) is 0.618. The van der Waals surface area contributed by atoms with Crippen LogP contribution in [0.5, 0.6) is 11.5 Å². The van der Waals surface area contributed by atoms with E-state index in [2.05, 4.69) is 95.2 Å². The molecule has 2 aromatic carbocycles. The lowest BCUT2D eigenvalue weighted by Gasteiger charge is -2.33. The van der Waals surface area contributed by atoms with Crippen LogP contribution in [0, 0.1) is 0 Å². The highest BCUT2D eigenvalue weighted by atomic mass is 16.5. The van der Waals surface area contributed by atoms with Gasteiger partial charge < -0.3 is 14.9 Å².